The third-order valence-electron chi connectivity index (χ3n) is 5.17. The Morgan fingerprint density at radius 2 is 1.79 bits per heavy atom. The van der Waals surface area contributed by atoms with Crippen molar-refractivity contribution >= 4 is 28.3 Å². The van der Waals surface area contributed by atoms with E-state index in [2.05, 4.69) is 10.4 Å². The number of aromatic nitrogens is 2. The molecule has 2 amide bonds. The minimum atomic E-state index is -0.179. The maximum atomic E-state index is 12.5. The molecule has 3 aromatic rings. The number of hydrogen-bond acceptors (Lipinski definition) is 4. The molecule has 1 aliphatic heterocycles. The number of fused-ring (bicyclic) bond motifs is 1. The standard InChI is InChI=1S/C22H22N4O3/c1-25-22(29)18-6-3-2-5-17(18)19(24-25)13-20(27)23-14-15-8-10-16(11-9-15)26-12-4-7-21(26)28/h2-3,5-6,8-11H,4,7,12-14H2,1H3,(H,23,27). The fourth-order valence-electron chi connectivity index (χ4n) is 3.64. The van der Waals surface area contributed by atoms with E-state index >= 15 is 0 Å². The van der Waals surface area contributed by atoms with Gasteiger partial charge < -0.3 is 10.2 Å². The summed E-state index contributed by atoms with van der Waals surface area (Å²) in [5.41, 5.74) is 2.24. The van der Waals surface area contributed by atoms with Crippen molar-refractivity contribution in [3.05, 3.63) is 70.1 Å². The molecule has 0 saturated carbocycles. The van der Waals surface area contributed by atoms with Gasteiger partial charge in [0.05, 0.1) is 17.5 Å². The van der Waals surface area contributed by atoms with Crippen LogP contribution in [-0.4, -0.2) is 28.1 Å². The Morgan fingerprint density at radius 3 is 2.48 bits per heavy atom. The minimum Gasteiger partial charge on any atom is -0.352 e. The molecule has 0 bridgehead atoms. The predicted molar refractivity (Wildman–Crippen MR) is 111 cm³/mol. The van der Waals surface area contributed by atoms with E-state index in [4.69, 9.17) is 0 Å². The number of carbonyl (C=O) groups is 2. The molecule has 1 fully saturated rings. The van der Waals surface area contributed by atoms with Crippen LogP contribution in [0.3, 0.4) is 0 Å². The fraction of sp³-hybridized carbons (Fsp3) is 0.273. The van der Waals surface area contributed by atoms with Crippen molar-refractivity contribution in [2.45, 2.75) is 25.8 Å². The topological polar surface area (TPSA) is 84.3 Å². The van der Waals surface area contributed by atoms with Crippen LogP contribution in [0.5, 0.6) is 0 Å². The third kappa shape index (κ3) is 3.89. The molecule has 0 radical (unpaired) electrons. The lowest BCUT2D eigenvalue weighted by atomic mass is 10.1. The number of nitrogens with one attached hydrogen (secondary N) is 1. The number of aryl methyl sites for hydroxylation is 1. The molecule has 0 atom stereocenters. The van der Waals surface area contributed by atoms with Gasteiger partial charge in [0.15, 0.2) is 0 Å². The molecule has 1 aliphatic rings. The van der Waals surface area contributed by atoms with Crippen molar-refractivity contribution in [1.82, 2.24) is 15.1 Å². The van der Waals surface area contributed by atoms with E-state index in [0.29, 0.717) is 29.4 Å². The zero-order valence-electron chi connectivity index (χ0n) is 16.2. The monoisotopic (exact) mass is 390 g/mol. The second-order valence-corrected chi connectivity index (χ2v) is 7.19. The Kier molecular flexibility index (Phi) is 5.12. The highest BCUT2D eigenvalue weighted by atomic mass is 16.2. The first-order valence-electron chi connectivity index (χ1n) is 9.64. The van der Waals surface area contributed by atoms with Gasteiger partial charge in [-0.2, -0.15) is 5.10 Å². The lowest BCUT2D eigenvalue weighted by molar-refractivity contribution is -0.120. The van der Waals surface area contributed by atoms with Crippen molar-refractivity contribution < 1.29 is 9.59 Å². The molecule has 1 N–H and O–H groups in total. The smallest absolute Gasteiger partial charge is 0.274 e. The molecule has 4 rings (SSSR count). The van der Waals surface area contributed by atoms with Crippen LogP contribution in [0.2, 0.25) is 0 Å². The first-order chi connectivity index (χ1) is 14.0. The van der Waals surface area contributed by atoms with Crippen LogP contribution < -0.4 is 15.8 Å². The number of benzene rings is 2. The molecule has 0 spiro atoms. The lowest BCUT2D eigenvalue weighted by Crippen LogP contribution is -2.28. The van der Waals surface area contributed by atoms with Gasteiger partial charge in [0, 0.05) is 37.6 Å². The molecular weight excluding hydrogens is 368 g/mol. The fourth-order valence-corrected chi connectivity index (χ4v) is 3.64. The van der Waals surface area contributed by atoms with Gasteiger partial charge in [-0.1, -0.05) is 30.3 Å². The van der Waals surface area contributed by atoms with Gasteiger partial charge in [0.2, 0.25) is 11.8 Å². The molecular formula is C22H22N4O3. The highest BCUT2D eigenvalue weighted by Crippen LogP contribution is 2.21. The van der Waals surface area contributed by atoms with Crippen molar-refractivity contribution in [3.63, 3.8) is 0 Å². The van der Waals surface area contributed by atoms with Crippen LogP contribution in [0.15, 0.2) is 53.3 Å². The number of hydrogen-bond donors (Lipinski definition) is 1. The molecule has 1 aromatic heterocycles. The molecule has 0 unspecified atom stereocenters. The van der Waals surface area contributed by atoms with Gasteiger partial charge in [-0.15, -0.1) is 0 Å². The zero-order valence-corrected chi connectivity index (χ0v) is 16.2. The highest BCUT2D eigenvalue weighted by molar-refractivity contribution is 5.95. The van der Waals surface area contributed by atoms with E-state index in [1.807, 2.05) is 36.4 Å². The first-order valence-corrected chi connectivity index (χ1v) is 9.64. The summed E-state index contributed by atoms with van der Waals surface area (Å²) < 4.78 is 1.27. The molecule has 0 aliphatic carbocycles. The lowest BCUT2D eigenvalue weighted by Gasteiger charge is -2.16. The Morgan fingerprint density at radius 1 is 1.07 bits per heavy atom. The summed E-state index contributed by atoms with van der Waals surface area (Å²) >= 11 is 0. The number of nitrogens with zero attached hydrogens (tertiary/aromatic N) is 3. The number of amides is 2. The van der Waals surface area contributed by atoms with Gasteiger partial charge in [-0.3, -0.25) is 14.4 Å². The summed E-state index contributed by atoms with van der Waals surface area (Å²) in [5.74, 6) is -0.0110. The Labute approximate surface area is 167 Å². The Bertz CT molecular complexity index is 1130. The second-order valence-electron chi connectivity index (χ2n) is 7.19. The summed E-state index contributed by atoms with van der Waals surface area (Å²) in [6.07, 6.45) is 1.59. The third-order valence-corrected chi connectivity index (χ3v) is 5.17. The molecule has 7 heteroatoms. The van der Waals surface area contributed by atoms with Gasteiger partial charge in [-0.05, 0) is 30.2 Å². The Hall–Kier alpha value is -3.48. The van der Waals surface area contributed by atoms with E-state index in [1.165, 1.54) is 4.68 Å². The molecule has 1 saturated heterocycles. The normalized spacial score (nSPS) is 13.8. The zero-order chi connectivity index (χ0) is 20.4. The molecule has 29 heavy (non-hydrogen) atoms. The van der Waals surface area contributed by atoms with Crippen molar-refractivity contribution in [2.24, 2.45) is 7.05 Å². The number of carbonyl (C=O) groups excluding carboxylic acids is 2. The van der Waals surface area contributed by atoms with Crippen LogP contribution in [-0.2, 0) is 29.6 Å². The predicted octanol–water partition coefficient (Wildman–Crippen LogP) is 1.92. The molecule has 2 heterocycles. The summed E-state index contributed by atoms with van der Waals surface area (Å²) in [5, 5.41) is 8.42. The van der Waals surface area contributed by atoms with Crippen LogP contribution in [0.1, 0.15) is 24.1 Å². The number of rotatable bonds is 5. The summed E-state index contributed by atoms with van der Waals surface area (Å²) in [7, 11) is 1.59. The average molecular weight is 390 g/mol. The van der Waals surface area contributed by atoms with E-state index in [1.54, 1.807) is 24.1 Å². The summed E-state index contributed by atoms with van der Waals surface area (Å²) in [6, 6.07) is 14.8. The van der Waals surface area contributed by atoms with Gasteiger partial charge in [0.25, 0.3) is 5.56 Å². The van der Waals surface area contributed by atoms with Gasteiger partial charge in [-0.25, -0.2) is 4.68 Å². The largest absolute Gasteiger partial charge is 0.352 e. The Balaban J connectivity index is 1.42. The van der Waals surface area contributed by atoms with Gasteiger partial charge >= 0.3 is 0 Å². The van der Waals surface area contributed by atoms with Gasteiger partial charge in [0.1, 0.15) is 0 Å². The van der Waals surface area contributed by atoms with E-state index in [0.717, 1.165) is 24.2 Å². The molecule has 2 aromatic carbocycles. The molecule has 7 nitrogen and oxygen atoms in total. The van der Waals surface area contributed by atoms with Crippen LogP contribution >= 0.6 is 0 Å². The van der Waals surface area contributed by atoms with Crippen molar-refractivity contribution in [1.29, 1.82) is 0 Å². The number of anilines is 1. The van der Waals surface area contributed by atoms with Crippen LogP contribution in [0, 0.1) is 0 Å². The summed E-state index contributed by atoms with van der Waals surface area (Å²) in [4.78, 5) is 38.3. The second kappa shape index (κ2) is 7.87. The van der Waals surface area contributed by atoms with E-state index in [9.17, 15) is 14.4 Å². The van der Waals surface area contributed by atoms with Crippen molar-refractivity contribution in [2.75, 3.05) is 11.4 Å². The summed E-state index contributed by atoms with van der Waals surface area (Å²) in [6.45, 7) is 1.15. The van der Waals surface area contributed by atoms with Crippen LogP contribution in [0.4, 0.5) is 5.69 Å². The van der Waals surface area contributed by atoms with Crippen molar-refractivity contribution in [3.8, 4) is 0 Å². The average Bonchev–Trinajstić information content (AvgIpc) is 3.16. The minimum absolute atomic E-state index is 0.0923. The SMILES string of the molecule is Cn1nc(CC(=O)NCc2ccc(N3CCCC3=O)cc2)c2ccccc2c1=O. The first kappa shape index (κ1) is 18.9. The molecule has 148 valence electrons. The maximum Gasteiger partial charge on any atom is 0.274 e. The maximum absolute atomic E-state index is 12.5. The van der Waals surface area contributed by atoms with E-state index < -0.39 is 0 Å². The van der Waals surface area contributed by atoms with E-state index in [-0.39, 0.29) is 23.8 Å². The van der Waals surface area contributed by atoms with Crippen LogP contribution in [0.25, 0.3) is 10.8 Å². The highest BCUT2D eigenvalue weighted by Gasteiger charge is 2.21. The quantitative estimate of drug-likeness (QED) is 0.721.